The van der Waals surface area contributed by atoms with Crippen molar-refractivity contribution in [3.8, 4) is 0 Å². The third-order valence-corrected chi connectivity index (χ3v) is 5.48. The summed E-state index contributed by atoms with van der Waals surface area (Å²) in [6.07, 6.45) is 9.22. The van der Waals surface area contributed by atoms with Crippen molar-refractivity contribution in [2.24, 2.45) is 23.7 Å². The largest absolute Gasteiger partial charge is 0.467 e. The molecule has 1 saturated heterocycles. The highest BCUT2D eigenvalue weighted by Crippen LogP contribution is 2.55. The zero-order valence-corrected chi connectivity index (χ0v) is 11.6. The summed E-state index contributed by atoms with van der Waals surface area (Å²) >= 11 is 0. The van der Waals surface area contributed by atoms with Crippen LogP contribution in [0.5, 0.6) is 0 Å². The first-order valence-corrected chi connectivity index (χ1v) is 7.49. The second-order valence-electron chi connectivity index (χ2n) is 6.35. The van der Waals surface area contributed by atoms with Crippen LogP contribution >= 0.6 is 0 Å². The molecule has 0 spiro atoms. The fourth-order valence-electron chi connectivity index (χ4n) is 4.68. The van der Waals surface area contributed by atoms with Crippen molar-refractivity contribution in [2.75, 3.05) is 13.7 Å². The molecule has 0 aromatic carbocycles. The van der Waals surface area contributed by atoms with Crippen molar-refractivity contribution in [3.05, 3.63) is 23.9 Å². The van der Waals surface area contributed by atoms with Crippen LogP contribution in [-0.4, -0.2) is 36.3 Å². The van der Waals surface area contributed by atoms with Gasteiger partial charge in [-0.15, -0.1) is 0 Å². The summed E-state index contributed by atoms with van der Waals surface area (Å²) in [5, 5.41) is 0. The van der Waals surface area contributed by atoms with Crippen LogP contribution in [0.4, 0.5) is 0 Å². The highest BCUT2D eigenvalue weighted by molar-refractivity contribution is 5.97. The maximum Gasteiger partial charge on any atom is 0.328 e. The van der Waals surface area contributed by atoms with Gasteiger partial charge in [0.25, 0.3) is 0 Å². The van der Waals surface area contributed by atoms with Gasteiger partial charge in [0.2, 0.25) is 0 Å². The van der Waals surface area contributed by atoms with Gasteiger partial charge in [0, 0.05) is 30.2 Å². The number of ketones is 1. The Kier molecular flexibility index (Phi) is 2.56. The summed E-state index contributed by atoms with van der Waals surface area (Å²) in [5.74, 6) is 1.45. The predicted molar refractivity (Wildman–Crippen MR) is 72.6 cm³/mol. The smallest absolute Gasteiger partial charge is 0.328 e. The Hall–Kier alpha value is -1.58. The third kappa shape index (κ3) is 1.48. The molecule has 0 aromatic heterocycles. The number of hydrogen-bond donors (Lipinski definition) is 0. The molecule has 1 aliphatic heterocycles. The summed E-state index contributed by atoms with van der Waals surface area (Å²) in [7, 11) is 1.44. The van der Waals surface area contributed by atoms with Crippen LogP contribution in [-0.2, 0) is 14.3 Å². The lowest BCUT2D eigenvalue weighted by Crippen LogP contribution is -2.39. The molecule has 3 aliphatic carbocycles. The van der Waals surface area contributed by atoms with Gasteiger partial charge < -0.3 is 9.64 Å². The van der Waals surface area contributed by atoms with Gasteiger partial charge in [-0.3, -0.25) is 4.79 Å². The molecule has 106 valence electrons. The maximum atomic E-state index is 12.3. The zero-order valence-electron chi connectivity index (χ0n) is 11.6. The molecule has 4 nitrogen and oxygen atoms in total. The minimum atomic E-state index is -0.194. The lowest BCUT2D eigenvalue weighted by molar-refractivity contribution is -0.145. The van der Waals surface area contributed by atoms with Crippen molar-refractivity contribution in [1.29, 1.82) is 0 Å². The first-order chi connectivity index (χ1) is 9.70. The average Bonchev–Trinajstić information content (AvgIpc) is 3.19. The minimum Gasteiger partial charge on any atom is -0.467 e. The number of carbonyl (C=O) groups is 2. The molecule has 1 heterocycles. The van der Waals surface area contributed by atoms with Gasteiger partial charge in [0.05, 0.1) is 7.11 Å². The molecule has 0 unspecified atom stereocenters. The van der Waals surface area contributed by atoms with Crippen molar-refractivity contribution in [2.45, 2.75) is 25.3 Å². The van der Waals surface area contributed by atoms with E-state index < -0.39 is 0 Å². The summed E-state index contributed by atoms with van der Waals surface area (Å²) in [6.45, 7) is 0.864. The van der Waals surface area contributed by atoms with E-state index in [1.165, 1.54) is 7.11 Å². The Bertz CT molecular complexity index is 536. The van der Waals surface area contributed by atoms with E-state index in [0.29, 0.717) is 17.8 Å². The molecule has 4 heteroatoms. The molecule has 4 rings (SSSR count). The van der Waals surface area contributed by atoms with Crippen LogP contribution < -0.4 is 0 Å². The summed E-state index contributed by atoms with van der Waals surface area (Å²) in [5.41, 5.74) is 1.10. The quantitative estimate of drug-likeness (QED) is 0.565. The predicted octanol–water partition coefficient (Wildman–Crippen LogP) is 1.53. The summed E-state index contributed by atoms with van der Waals surface area (Å²) < 4.78 is 4.92. The second kappa shape index (κ2) is 4.21. The minimum absolute atomic E-state index is 0.138. The molecule has 0 radical (unpaired) electrons. The highest BCUT2D eigenvalue weighted by atomic mass is 16.5. The van der Waals surface area contributed by atoms with Gasteiger partial charge in [-0.2, -0.15) is 0 Å². The SMILES string of the molecule is COC(=O)[C@@H]1CCCN1C1=CC(=O)[C@H]2[C@@H]1[C@H]1C=C[C@@H]2C1. The molecule has 2 fully saturated rings. The number of rotatable bonds is 2. The van der Waals surface area contributed by atoms with E-state index in [2.05, 4.69) is 17.1 Å². The number of nitrogens with zero attached hydrogens (tertiary/aromatic N) is 1. The molecule has 0 amide bonds. The number of likely N-dealkylation sites (tertiary alicyclic amines) is 1. The number of ether oxygens (including phenoxy) is 1. The molecule has 2 bridgehead atoms. The van der Waals surface area contributed by atoms with Crippen molar-refractivity contribution in [3.63, 3.8) is 0 Å². The molecular weight excluding hydrogens is 254 g/mol. The fraction of sp³-hybridized carbons (Fsp3) is 0.625. The summed E-state index contributed by atoms with van der Waals surface area (Å²) in [4.78, 5) is 26.4. The Balaban J connectivity index is 1.65. The normalized spacial score (nSPS) is 41.2. The van der Waals surface area contributed by atoms with E-state index in [-0.39, 0.29) is 23.7 Å². The molecule has 0 N–H and O–H groups in total. The fourth-order valence-corrected chi connectivity index (χ4v) is 4.68. The second-order valence-corrected chi connectivity index (χ2v) is 6.35. The molecule has 4 aliphatic rings. The van der Waals surface area contributed by atoms with E-state index in [4.69, 9.17) is 4.74 Å². The van der Waals surface area contributed by atoms with Crippen LogP contribution in [0.1, 0.15) is 19.3 Å². The first-order valence-electron chi connectivity index (χ1n) is 7.49. The van der Waals surface area contributed by atoms with Crippen LogP contribution in [0.25, 0.3) is 0 Å². The number of methoxy groups -OCH3 is 1. The Morgan fingerprint density at radius 1 is 1.30 bits per heavy atom. The number of hydrogen-bond acceptors (Lipinski definition) is 4. The number of carbonyl (C=O) groups excluding carboxylic acids is 2. The number of esters is 1. The molecule has 0 aromatic rings. The van der Waals surface area contributed by atoms with E-state index in [9.17, 15) is 9.59 Å². The van der Waals surface area contributed by atoms with Crippen LogP contribution in [0.3, 0.4) is 0 Å². The van der Waals surface area contributed by atoms with E-state index in [1.54, 1.807) is 0 Å². The Morgan fingerprint density at radius 3 is 2.80 bits per heavy atom. The van der Waals surface area contributed by atoms with Crippen LogP contribution in [0, 0.1) is 23.7 Å². The third-order valence-electron chi connectivity index (χ3n) is 5.48. The van der Waals surface area contributed by atoms with Gasteiger partial charge in [0.1, 0.15) is 6.04 Å². The molecule has 5 atom stereocenters. The lowest BCUT2D eigenvalue weighted by Gasteiger charge is -2.32. The maximum absolute atomic E-state index is 12.3. The zero-order chi connectivity index (χ0) is 13.9. The lowest BCUT2D eigenvalue weighted by atomic mass is 9.83. The first kappa shape index (κ1) is 12.2. The monoisotopic (exact) mass is 273 g/mol. The van der Waals surface area contributed by atoms with Crippen LogP contribution in [0.15, 0.2) is 23.9 Å². The Labute approximate surface area is 118 Å². The van der Waals surface area contributed by atoms with Crippen LogP contribution in [0.2, 0.25) is 0 Å². The van der Waals surface area contributed by atoms with Gasteiger partial charge in [0.15, 0.2) is 5.78 Å². The van der Waals surface area contributed by atoms with Crippen molar-refractivity contribution >= 4 is 11.8 Å². The summed E-state index contributed by atoms with van der Waals surface area (Å²) in [6, 6.07) is -0.194. The molecular formula is C16H19NO3. The van der Waals surface area contributed by atoms with Gasteiger partial charge in [-0.25, -0.2) is 4.79 Å². The topological polar surface area (TPSA) is 46.6 Å². The van der Waals surface area contributed by atoms with Gasteiger partial charge >= 0.3 is 5.97 Å². The standard InChI is InChI=1S/C16H19NO3/c1-20-16(19)11-3-2-6-17(11)12-8-13(18)15-10-5-4-9(7-10)14(12)15/h4-5,8-11,14-15H,2-3,6-7H2,1H3/t9-,10+,11-,14+,15-/m0/s1. The van der Waals surface area contributed by atoms with Gasteiger partial charge in [-0.05, 0) is 31.1 Å². The molecule has 20 heavy (non-hydrogen) atoms. The number of fused-ring (bicyclic) bond motifs is 5. The van der Waals surface area contributed by atoms with E-state index in [0.717, 1.165) is 31.5 Å². The van der Waals surface area contributed by atoms with E-state index in [1.807, 2.05) is 6.08 Å². The van der Waals surface area contributed by atoms with E-state index >= 15 is 0 Å². The highest BCUT2D eigenvalue weighted by Gasteiger charge is 2.54. The van der Waals surface area contributed by atoms with Gasteiger partial charge in [-0.1, -0.05) is 12.2 Å². The molecule has 1 saturated carbocycles. The van der Waals surface area contributed by atoms with Crippen molar-refractivity contribution < 1.29 is 14.3 Å². The average molecular weight is 273 g/mol. The Morgan fingerprint density at radius 2 is 2.05 bits per heavy atom. The van der Waals surface area contributed by atoms with Crippen molar-refractivity contribution in [1.82, 2.24) is 4.90 Å². The number of allylic oxidation sites excluding steroid dienone is 4.